The first-order valence-electron chi connectivity index (χ1n) is 8.97. The Balaban J connectivity index is 2.83. The second-order valence-corrected chi connectivity index (χ2v) is 14.4. The van der Waals surface area contributed by atoms with Crippen molar-refractivity contribution in [1.29, 1.82) is 0 Å². The van der Waals surface area contributed by atoms with Gasteiger partial charge in [-0.15, -0.1) is 0 Å². The van der Waals surface area contributed by atoms with Crippen LogP contribution in [-0.2, 0) is 18.8 Å². The smallest absolute Gasteiger partial charge is 0.302 e. The highest BCUT2D eigenvalue weighted by atomic mass is 28.4. The highest BCUT2D eigenvalue weighted by molar-refractivity contribution is 6.74. The molecule has 5 heteroatoms. The molecule has 0 radical (unpaired) electrons. The van der Waals surface area contributed by atoms with Crippen LogP contribution in [0.2, 0.25) is 18.1 Å². The molecule has 24 heavy (non-hydrogen) atoms. The molecule has 1 fully saturated rings. The Morgan fingerprint density at radius 3 is 2.12 bits per heavy atom. The minimum absolute atomic E-state index is 0.118. The summed E-state index contributed by atoms with van der Waals surface area (Å²) in [6.07, 6.45) is 2.07. The molecule has 1 rings (SSSR count). The largest absolute Gasteiger partial charge is 0.465 e. The summed E-state index contributed by atoms with van der Waals surface area (Å²) in [7, 11) is -1.85. The summed E-state index contributed by atoms with van der Waals surface area (Å²) in [5.74, 6) is -0.159. The van der Waals surface area contributed by atoms with E-state index in [1.807, 2.05) is 0 Å². The second kappa shape index (κ2) is 6.91. The summed E-state index contributed by atoms with van der Waals surface area (Å²) in [4.78, 5) is 23.7. The molecule has 0 aromatic rings. The number of carbonyl (C=O) groups is 2. The first-order valence-corrected chi connectivity index (χ1v) is 11.9. The lowest BCUT2D eigenvalue weighted by atomic mass is 9.66. The van der Waals surface area contributed by atoms with Gasteiger partial charge in [0.05, 0.1) is 6.61 Å². The molecule has 0 N–H and O–H groups in total. The van der Waals surface area contributed by atoms with Crippen molar-refractivity contribution in [3.8, 4) is 0 Å². The highest BCUT2D eigenvalue weighted by Crippen LogP contribution is 2.55. The SMILES string of the molecule is CC(=O)OCCC(=O)[C@]1(C)C[C@@H](O[Si](C)(C)C(C)(C)C)CC1(C)C. The Kier molecular flexibility index (Phi) is 6.15. The average Bonchev–Trinajstić information content (AvgIpc) is 2.57. The van der Waals surface area contributed by atoms with Crippen molar-refractivity contribution in [3.05, 3.63) is 0 Å². The van der Waals surface area contributed by atoms with Crippen LogP contribution in [0.25, 0.3) is 0 Å². The van der Waals surface area contributed by atoms with E-state index >= 15 is 0 Å². The van der Waals surface area contributed by atoms with Crippen molar-refractivity contribution in [2.24, 2.45) is 10.8 Å². The van der Waals surface area contributed by atoms with Crippen LogP contribution in [0.1, 0.15) is 67.7 Å². The van der Waals surface area contributed by atoms with Crippen LogP contribution in [0, 0.1) is 10.8 Å². The number of carbonyl (C=O) groups excluding carboxylic acids is 2. The fourth-order valence-corrected chi connectivity index (χ4v) is 4.68. The average molecular weight is 357 g/mol. The highest BCUT2D eigenvalue weighted by Gasteiger charge is 2.55. The Bertz CT molecular complexity index is 490. The maximum atomic E-state index is 12.8. The fourth-order valence-electron chi connectivity index (χ4n) is 3.33. The molecule has 0 bridgehead atoms. The lowest BCUT2D eigenvalue weighted by Crippen LogP contribution is -2.43. The molecular formula is C19H36O4Si. The number of hydrogen-bond donors (Lipinski definition) is 0. The summed E-state index contributed by atoms with van der Waals surface area (Å²) in [5, 5.41) is 0.162. The topological polar surface area (TPSA) is 52.6 Å². The van der Waals surface area contributed by atoms with Gasteiger partial charge in [-0.1, -0.05) is 41.5 Å². The third kappa shape index (κ3) is 4.48. The molecular weight excluding hydrogens is 320 g/mol. The van der Waals surface area contributed by atoms with Crippen molar-refractivity contribution in [2.45, 2.75) is 92.0 Å². The van der Waals surface area contributed by atoms with E-state index in [0.29, 0.717) is 0 Å². The lowest BCUT2D eigenvalue weighted by Gasteiger charge is -2.38. The Hall–Kier alpha value is -0.683. The van der Waals surface area contributed by atoms with E-state index in [0.717, 1.165) is 12.8 Å². The van der Waals surface area contributed by atoms with Crippen LogP contribution in [0.4, 0.5) is 0 Å². The number of hydrogen-bond acceptors (Lipinski definition) is 4. The van der Waals surface area contributed by atoms with Crippen LogP contribution in [0.5, 0.6) is 0 Å². The Morgan fingerprint density at radius 2 is 1.67 bits per heavy atom. The predicted octanol–water partition coefficient (Wildman–Crippen LogP) is 4.73. The third-order valence-electron chi connectivity index (χ3n) is 6.38. The molecule has 0 spiro atoms. The molecule has 1 aliphatic carbocycles. The Morgan fingerprint density at radius 1 is 1.12 bits per heavy atom. The van der Waals surface area contributed by atoms with E-state index in [1.54, 1.807) is 0 Å². The maximum Gasteiger partial charge on any atom is 0.302 e. The number of ketones is 1. The van der Waals surface area contributed by atoms with Gasteiger partial charge in [0.1, 0.15) is 5.78 Å². The second-order valence-electron chi connectivity index (χ2n) is 9.64. The number of esters is 1. The summed E-state index contributed by atoms with van der Waals surface area (Å²) in [6.45, 7) is 19.2. The van der Waals surface area contributed by atoms with Gasteiger partial charge in [0, 0.05) is 24.9 Å². The molecule has 0 unspecified atom stereocenters. The zero-order valence-corrected chi connectivity index (χ0v) is 18.0. The first kappa shape index (κ1) is 21.4. The standard InChI is InChI=1S/C19H36O4Si/c1-14(20)22-11-10-16(21)19(7)13-15(12-18(19,5)6)23-24(8,9)17(2,3)4/h15H,10-13H2,1-9H3/t15-,19-/m0/s1. The van der Waals surface area contributed by atoms with E-state index in [-0.39, 0.29) is 41.3 Å². The van der Waals surface area contributed by atoms with Crippen LogP contribution in [-0.4, -0.2) is 32.8 Å². The molecule has 0 heterocycles. The number of ether oxygens (including phenoxy) is 1. The molecule has 0 aromatic heterocycles. The van der Waals surface area contributed by atoms with Gasteiger partial charge in [-0.25, -0.2) is 0 Å². The van der Waals surface area contributed by atoms with Crippen LogP contribution in [0.3, 0.4) is 0 Å². The van der Waals surface area contributed by atoms with Crippen LogP contribution in [0.15, 0.2) is 0 Å². The van der Waals surface area contributed by atoms with Gasteiger partial charge in [-0.05, 0) is 36.4 Å². The van der Waals surface area contributed by atoms with Crippen molar-refractivity contribution in [1.82, 2.24) is 0 Å². The number of Topliss-reactive ketones (excluding diaryl/α,β-unsaturated/α-hetero) is 1. The Labute approximate surface area is 148 Å². The van der Waals surface area contributed by atoms with E-state index in [1.165, 1.54) is 6.92 Å². The molecule has 1 aliphatic rings. The molecule has 4 nitrogen and oxygen atoms in total. The van der Waals surface area contributed by atoms with E-state index in [2.05, 4.69) is 54.6 Å². The predicted molar refractivity (Wildman–Crippen MR) is 99.4 cm³/mol. The van der Waals surface area contributed by atoms with Crippen molar-refractivity contribution < 1.29 is 18.8 Å². The summed E-state index contributed by atoms with van der Waals surface area (Å²) >= 11 is 0. The zero-order valence-electron chi connectivity index (χ0n) is 17.0. The molecule has 140 valence electrons. The molecule has 2 atom stereocenters. The van der Waals surface area contributed by atoms with Gasteiger partial charge in [0.15, 0.2) is 8.32 Å². The van der Waals surface area contributed by atoms with Gasteiger partial charge in [-0.2, -0.15) is 0 Å². The summed E-state index contributed by atoms with van der Waals surface area (Å²) < 4.78 is 11.5. The van der Waals surface area contributed by atoms with E-state index < -0.39 is 13.7 Å². The summed E-state index contributed by atoms with van der Waals surface area (Å²) in [6, 6.07) is 0. The normalized spacial score (nSPS) is 27.1. The molecule has 1 saturated carbocycles. The minimum atomic E-state index is -1.85. The quantitative estimate of drug-likeness (QED) is 0.510. The van der Waals surface area contributed by atoms with Crippen molar-refractivity contribution >= 4 is 20.1 Å². The summed E-state index contributed by atoms with van der Waals surface area (Å²) in [5.41, 5.74) is -0.548. The van der Waals surface area contributed by atoms with Gasteiger partial charge >= 0.3 is 5.97 Å². The fraction of sp³-hybridized carbons (Fsp3) is 0.895. The molecule has 0 saturated heterocycles. The van der Waals surface area contributed by atoms with E-state index in [9.17, 15) is 9.59 Å². The zero-order chi connectivity index (χ0) is 19.0. The van der Waals surface area contributed by atoms with E-state index in [4.69, 9.17) is 9.16 Å². The maximum absolute atomic E-state index is 12.8. The van der Waals surface area contributed by atoms with Crippen molar-refractivity contribution in [2.75, 3.05) is 6.61 Å². The lowest BCUT2D eigenvalue weighted by molar-refractivity contribution is -0.143. The molecule has 0 aliphatic heterocycles. The van der Waals surface area contributed by atoms with Crippen molar-refractivity contribution in [3.63, 3.8) is 0 Å². The number of rotatable bonds is 6. The van der Waals surface area contributed by atoms with Gasteiger partial charge in [0.25, 0.3) is 0 Å². The van der Waals surface area contributed by atoms with Crippen LogP contribution >= 0.6 is 0 Å². The van der Waals surface area contributed by atoms with Gasteiger partial charge in [0.2, 0.25) is 0 Å². The minimum Gasteiger partial charge on any atom is -0.465 e. The molecule has 0 aromatic carbocycles. The van der Waals surface area contributed by atoms with Crippen LogP contribution < -0.4 is 0 Å². The first-order chi connectivity index (χ1) is 10.6. The molecule has 0 amide bonds. The van der Waals surface area contributed by atoms with Gasteiger partial charge in [-0.3, -0.25) is 9.59 Å². The monoisotopic (exact) mass is 356 g/mol. The van der Waals surface area contributed by atoms with Gasteiger partial charge < -0.3 is 9.16 Å². The third-order valence-corrected chi connectivity index (χ3v) is 10.9.